The van der Waals surface area contributed by atoms with Gasteiger partial charge in [0, 0.05) is 24.2 Å². The van der Waals surface area contributed by atoms with Crippen LogP contribution in [-0.2, 0) is 16.1 Å². The number of hydrogen-bond donors (Lipinski definition) is 0. The van der Waals surface area contributed by atoms with Crippen LogP contribution in [0, 0.1) is 18.6 Å². The molecular formula is C33H30F2N4O4. The van der Waals surface area contributed by atoms with Crippen LogP contribution in [-0.4, -0.2) is 31.6 Å². The highest BCUT2D eigenvalue weighted by molar-refractivity contribution is 6.11. The molecule has 0 radical (unpaired) electrons. The molecule has 0 bridgehead atoms. The van der Waals surface area contributed by atoms with Crippen molar-refractivity contribution in [3.63, 3.8) is 0 Å². The van der Waals surface area contributed by atoms with Crippen molar-refractivity contribution >= 4 is 23.5 Å². The van der Waals surface area contributed by atoms with E-state index in [-0.39, 0.29) is 23.4 Å². The van der Waals surface area contributed by atoms with Crippen LogP contribution in [0.15, 0.2) is 83.8 Å². The first-order valence-electron chi connectivity index (χ1n) is 13.6. The average molecular weight is 585 g/mol. The van der Waals surface area contributed by atoms with Crippen LogP contribution in [0.1, 0.15) is 39.0 Å². The Hall–Kier alpha value is -5.12. The molecule has 0 saturated heterocycles. The number of halogens is 2. The van der Waals surface area contributed by atoms with Gasteiger partial charge in [-0.25, -0.2) is 27.9 Å². The first kappa shape index (κ1) is 29.4. The summed E-state index contributed by atoms with van der Waals surface area (Å²) in [5.41, 5.74) is 1.52. The van der Waals surface area contributed by atoms with Crippen LogP contribution in [0.4, 0.5) is 19.3 Å². The minimum Gasteiger partial charge on any atom is -0.443 e. The summed E-state index contributed by atoms with van der Waals surface area (Å²) in [6.45, 7) is 7.91. The fourth-order valence-electron chi connectivity index (χ4n) is 4.86. The van der Waals surface area contributed by atoms with Crippen molar-refractivity contribution in [2.75, 3.05) is 4.90 Å². The molecule has 0 aliphatic rings. The maximum atomic E-state index is 14.7. The number of benzene rings is 3. The second-order valence-electron chi connectivity index (χ2n) is 11.1. The van der Waals surface area contributed by atoms with E-state index in [0.717, 1.165) is 4.90 Å². The van der Waals surface area contributed by atoms with Crippen molar-refractivity contribution in [3.05, 3.63) is 112 Å². The highest BCUT2D eigenvalue weighted by Gasteiger charge is 2.27. The molecule has 10 heteroatoms. The molecule has 0 fully saturated rings. The van der Waals surface area contributed by atoms with Gasteiger partial charge in [-0.05, 0) is 57.5 Å². The number of fused-ring (bicyclic) bond motifs is 1. The summed E-state index contributed by atoms with van der Waals surface area (Å²) < 4.78 is 37.7. The fraction of sp³-hybridized carbons (Fsp3) is 0.212. The molecule has 220 valence electrons. The van der Waals surface area contributed by atoms with E-state index < -0.39 is 29.2 Å². The summed E-state index contributed by atoms with van der Waals surface area (Å²) in [4.78, 5) is 44.5. The Morgan fingerprint density at radius 2 is 1.53 bits per heavy atom. The largest absolute Gasteiger partial charge is 0.443 e. The van der Waals surface area contributed by atoms with Gasteiger partial charge in [0.15, 0.2) is 0 Å². The monoisotopic (exact) mass is 584 g/mol. The number of amides is 2. The molecule has 5 aromatic rings. The number of carbonyl (C=O) groups excluding carboxylic acids is 2. The van der Waals surface area contributed by atoms with E-state index in [1.807, 2.05) is 6.07 Å². The van der Waals surface area contributed by atoms with Crippen LogP contribution in [0.2, 0.25) is 0 Å². The summed E-state index contributed by atoms with van der Waals surface area (Å²) in [6.07, 6.45) is 0.756. The molecule has 0 saturated carbocycles. The Bertz CT molecular complexity index is 1890. The second kappa shape index (κ2) is 11.3. The maximum Gasteiger partial charge on any atom is 0.421 e. The van der Waals surface area contributed by atoms with Gasteiger partial charge >= 0.3 is 6.09 Å². The summed E-state index contributed by atoms with van der Waals surface area (Å²) in [6, 6.07) is 19.2. The van der Waals surface area contributed by atoms with Gasteiger partial charge in [-0.2, -0.15) is 0 Å². The van der Waals surface area contributed by atoms with Crippen LogP contribution in [0.5, 0.6) is 0 Å². The van der Waals surface area contributed by atoms with Gasteiger partial charge in [0.25, 0.3) is 5.56 Å². The molecule has 0 spiro atoms. The minimum atomic E-state index is -0.803. The van der Waals surface area contributed by atoms with E-state index in [1.54, 1.807) is 87.0 Å². The topological polar surface area (TPSA) is 85.9 Å². The normalized spacial score (nSPS) is 11.5. The molecule has 43 heavy (non-hydrogen) atoms. The summed E-state index contributed by atoms with van der Waals surface area (Å²) in [7, 11) is 0. The molecule has 0 N–H and O–H groups in total. The summed E-state index contributed by atoms with van der Waals surface area (Å²) >= 11 is 0. The first-order valence-corrected chi connectivity index (χ1v) is 13.6. The second-order valence-corrected chi connectivity index (χ2v) is 11.1. The number of carbonyl (C=O) groups is 2. The van der Waals surface area contributed by atoms with Crippen molar-refractivity contribution in [2.24, 2.45) is 0 Å². The number of imidazole rings is 1. The predicted molar refractivity (Wildman–Crippen MR) is 160 cm³/mol. The standard InChI is InChI=1S/C33H30F2N4O4/c1-20-29(23-14-16-24(17-15-23)39(21(2)40)32(42)43-33(3,4)5)36-31-37(19-26-27(34)12-9-13-28(26)35)18-25(30(41)38(20)31)22-10-7-6-8-11-22/h6-18H,19H2,1-5H3. The van der Waals surface area contributed by atoms with Crippen LogP contribution < -0.4 is 10.5 Å². The molecule has 5 rings (SSSR count). The molecule has 2 amide bonds. The third kappa shape index (κ3) is 5.81. The zero-order valence-electron chi connectivity index (χ0n) is 24.4. The lowest BCUT2D eigenvalue weighted by atomic mass is 10.1. The first-order chi connectivity index (χ1) is 20.4. The molecule has 0 atom stereocenters. The van der Waals surface area contributed by atoms with Crippen LogP contribution in [0.3, 0.4) is 0 Å². The lowest BCUT2D eigenvalue weighted by molar-refractivity contribution is -0.116. The van der Waals surface area contributed by atoms with E-state index in [1.165, 1.54) is 29.5 Å². The number of ether oxygens (including phenoxy) is 1. The third-order valence-electron chi connectivity index (χ3n) is 6.83. The highest BCUT2D eigenvalue weighted by Crippen LogP contribution is 2.28. The lowest BCUT2D eigenvalue weighted by Gasteiger charge is -2.25. The summed E-state index contributed by atoms with van der Waals surface area (Å²) in [5, 5.41) is 0. The average Bonchev–Trinajstić information content (AvgIpc) is 3.29. The zero-order valence-corrected chi connectivity index (χ0v) is 24.4. The Morgan fingerprint density at radius 3 is 2.12 bits per heavy atom. The number of anilines is 1. The molecule has 2 heterocycles. The highest BCUT2D eigenvalue weighted by atomic mass is 19.1. The van der Waals surface area contributed by atoms with E-state index >= 15 is 0 Å². The van der Waals surface area contributed by atoms with Crippen molar-refractivity contribution < 1.29 is 23.1 Å². The SMILES string of the molecule is CC(=O)N(C(=O)OC(C)(C)C)c1ccc(-c2nc3n(Cc4c(F)cccc4F)cc(-c4ccccc4)c(=O)n3c2C)cc1. The van der Waals surface area contributed by atoms with E-state index in [2.05, 4.69) is 0 Å². The number of imide groups is 1. The molecule has 0 unspecified atom stereocenters. The van der Waals surface area contributed by atoms with Crippen molar-refractivity contribution in [3.8, 4) is 22.4 Å². The van der Waals surface area contributed by atoms with Gasteiger partial charge in [0.05, 0.1) is 29.2 Å². The fourth-order valence-corrected chi connectivity index (χ4v) is 4.86. The molecule has 8 nitrogen and oxygen atoms in total. The molecular weight excluding hydrogens is 554 g/mol. The van der Waals surface area contributed by atoms with Gasteiger partial charge < -0.3 is 9.30 Å². The van der Waals surface area contributed by atoms with Crippen LogP contribution in [0.25, 0.3) is 28.2 Å². The Balaban J connectivity index is 1.65. The smallest absolute Gasteiger partial charge is 0.421 e. The number of aryl methyl sites for hydroxylation is 1. The molecule has 0 aliphatic heterocycles. The van der Waals surface area contributed by atoms with Gasteiger partial charge in [-0.1, -0.05) is 48.5 Å². The van der Waals surface area contributed by atoms with Gasteiger partial charge in [-0.3, -0.25) is 9.59 Å². The van der Waals surface area contributed by atoms with Crippen LogP contribution >= 0.6 is 0 Å². The minimum absolute atomic E-state index is 0.162. The molecule has 2 aromatic heterocycles. The lowest BCUT2D eigenvalue weighted by Crippen LogP contribution is -2.39. The van der Waals surface area contributed by atoms with Gasteiger partial charge in [0.2, 0.25) is 11.7 Å². The van der Waals surface area contributed by atoms with Crippen molar-refractivity contribution in [1.29, 1.82) is 0 Å². The van der Waals surface area contributed by atoms with E-state index in [9.17, 15) is 23.2 Å². The number of nitrogens with zero attached hydrogens (tertiary/aromatic N) is 4. The third-order valence-corrected chi connectivity index (χ3v) is 6.83. The maximum absolute atomic E-state index is 14.7. The summed E-state index contributed by atoms with van der Waals surface area (Å²) in [5.74, 6) is -1.74. The quantitative estimate of drug-likeness (QED) is 0.228. The Morgan fingerprint density at radius 1 is 0.907 bits per heavy atom. The van der Waals surface area contributed by atoms with Crippen molar-refractivity contribution in [2.45, 2.75) is 46.8 Å². The Kier molecular flexibility index (Phi) is 7.71. The van der Waals surface area contributed by atoms with E-state index in [4.69, 9.17) is 9.72 Å². The van der Waals surface area contributed by atoms with Gasteiger partial charge in [0.1, 0.15) is 17.2 Å². The zero-order chi connectivity index (χ0) is 31.1. The predicted octanol–water partition coefficient (Wildman–Crippen LogP) is 6.75. The van der Waals surface area contributed by atoms with Gasteiger partial charge in [-0.15, -0.1) is 0 Å². The molecule has 0 aliphatic carbocycles. The molecule has 3 aromatic carbocycles. The van der Waals surface area contributed by atoms with E-state index in [0.29, 0.717) is 33.8 Å². The number of hydrogen-bond acceptors (Lipinski definition) is 5. The Labute approximate surface area is 246 Å². The number of aromatic nitrogens is 3. The number of rotatable bonds is 5. The van der Waals surface area contributed by atoms with Crippen molar-refractivity contribution in [1.82, 2.24) is 14.0 Å².